The average Bonchev–Trinajstić information content (AvgIpc) is 2.74. The van der Waals surface area contributed by atoms with E-state index in [9.17, 15) is 0 Å². The number of hydrogen-bond donors (Lipinski definition) is 1. The predicted octanol–water partition coefficient (Wildman–Crippen LogP) is 4.17. The Morgan fingerprint density at radius 1 is 0.862 bits per heavy atom. The molecular weight excluding hydrogens is 362 g/mol. The summed E-state index contributed by atoms with van der Waals surface area (Å²) >= 11 is 0. The Morgan fingerprint density at radius 3 is 2.28 bits per heavy atom. The number of aromatic nitrogens is 2. The van der Waals surface area contributed by atoms with E-state index < -0.39 is 0 Å². The minimum atomic E-state index is 0.617. The van der Waals surface area contributed by atoms with Crippen molar-refractivity contribution in [2.45, 2.75) is 13.8 Å². The molecule has 0 aliphatic carbocycles. The number of benzene rings is 2. The number of ether oxygens (including phenoxy) is 1. The first-order valence-corrected chi connectivity index (χ1v) is 9.94. The van der Waals surface area contributed by atoms with Gasteiger partial charge in [0.25, 0.3) is 0 Å². The highest BCUT2D eigenvalue weighted by Crippen LogP contribution is 2.23. The molecule has 0 spiro atoms. The van der Waals surface area contributed by atoms with Crippen LogP contribution in [0.25, 0.3) is 0 Å². The van der Waals surface area contributed by atoms with E-state index in [2.05, 4.69) is 57.4 Å². The van der Waals surface area contributed by atoms with Gasteiger partial charge in [0.05, 0.1) is 7.11 Å². The first kappa shape index (κ1) is 19.1. The number of aryl methyl sites for hydroxylation is 2. The second-order valence-electron chi connectivity index (χ2n) is 7.36. The lowest BCUT2D eigenvalue weighted by Crippen LogP contribution is -2.47. The minimum absolute atomic E-state index is 0.617. The van der Waals surface area contributed by atoms with Gasteiger partial charge in [-0.1, -0.05) is 12.1 Å². The molecule has 6 heteroatoms. The zero-order chi connectivity index (χ0) is 20.2. The van der Waals surface area contributed by atoms with Gasteiger partial charge < -0.3 is 19.9 Å². The normalized spacial score (nSPS) is 14.0. The molecule has 1 aliphatic rings. The number of rotatable bonds is 5. The van der Waals surface area contributed by atoms with Gasteiger partial charge in [0.15, 0.2) is 0 Å². The van der Waals surface area contributed by atoms with Crippen molar-refractivity contribution in [3.63, 3.8) is 0 Å². The highest BCUT2D eigenvalue weighted by atomic mass is 16.5. The van der Waals surface area contributed by atoms with Crippen LogP contribution < -0.4 is 19.9 Å². The summed E-state index contributed by atoms with van der Waals surface area (Å²) in [5, 5.41) is 3.30. The molecule has 0 bridgehead atoms. The molecule has 2 aromatic carbocycles. The molecule has 2 heterocycles. The predicted molar refractivity (Wildman–Crippen MR) is 119 cm³/mol. The Hall–Kier alpha value is -3.28. The summed E-state index contributed by atoms with van der Waals surface area (Å²) in [6.07, 6.45) is 0. The summed E-state index contributed by atoms with van der Waals surface area (Å²) in [5.74, 6) is 2.41. The summed E-state index contributed by atoms with van der Waals surface area (Å²) < 4.78 is 5.21. The maximum Gasteiger partial charge on any atom is 0.229 e. The number of methoxy groups -OCH3 is 1. The van der Waals surface area contributed by atoms with E-state index in [0.29, 0.717) is 5.95 Å². The first-order chi connectivity index (χ1) is 14.1. The van der Waals surface area contributed by atoms with Crippen LogP contribution in [-0.2, 0) is 0 Å². The lowest BCUT2D eigenvalue weighted by atomic mass is 10.2. The zero-order valence-corrected chi connectivity index (χ0v) is 17.2. The van der Waals surface area contributed by atoms with Crippen molar-refractivity contribution in [3.8, 4) is 5.75 Å². The molecule has 0 radical (unpaired) electrons. The van der Waals surface area contributed by atoms with Gasteiger partial charge in [-0.05, 0) is 55.8 Å². The molecule has 0 unspecified atom stereocenters. The molecule has 0 amide bonds. The Labute approximate surface area is 172 Å². The van der Waals surface area contributed by atoms with E-state index in [1.54, 1.807) is 7.11 Å². The fourth-order valence-electron chi connectivity index (χ4n) is 3.59. The van der Waals surface area contributed by atoms with Crippen LogP contribution >= 0.6 is 0 Å². The third kappa shape index (κ3) is 4.59. The average molecular weight is 390 g/mol. The van der Waals surface area contributed by atoms with E-state index in [4.69, 9.17) is 9.72 Å². The molecule has 0 saturated carbocycles. The maximum absolute atomic E-state index is 5.21. The summed E-state index contributed by atoms with van der Waals surface area (Å²) in [4.78, 5) is 14.1. The van der Waals surface area contributed by atoms with Crippen molar-refractivity contribution < 1.29 is 4.74 Å². The number of nitrogens with zero attached hydrogens (tertiary/aromatic N) is 4. The summed E-state index contributed by atoms with van der Waals surface area (Å²) in [7, 11) is 1.66. The van der Waals surface area contributed by atoms with E-state index in [-0.39, 0.29) is 0 Å². The SMILES string of the molecule is COc1ccc(Nc2nc(C)cc(N3CCN(c4cccc(C)c4)CC3)n2)cc1. The molecular formula is C23H27N5O. The number of nitrogens with one attached hydrogen (secondary N) is 1. The molecule has 1 saturated heterocycles. The fourth-order valence-corrected chi connectivity index (χ4v) is 3.59. The minimum Gasteiger partial charge on any atom is -0.497 e. The van der Waals surface area contributed by atoms with Crippen molar-refractivity contribution in [2.24, 2.45) is 0 Å². The van der Waals surface area contributed by atoms with Gasteiger partial charge in [0, 0.05) is 49.3 Å². The second kappa shape index (κ2) is 8.39. The standard InChI is InChI=1S/C23H27N5O/c1-17-5-4-6-20(15-17)27-11-13-28(14-12-27)22-16-18(2)24-23(26-22)25-19-7-9-21(29-3)10-8-19/h4-10,15-16H,11-14H2,1-3H3,(H,24,25,26). The van der Waals surface area contributed by atoms with Crippen LogP contribution in [0.1, 0.15) is 11.3 Å². The Kier molecular flexibility index (Phi) is 5.51. The third-order valence-corrected chi connectivity index (χ3v) is 5.16. The molecule has 150 valence electrons. The van der Waals surface area contributed by atoms with Crippen LogP contribution in [0.2, 0.25) is 0 Å². The fraction of sp³-hybridized carbons (Fsp3) is 0.304. The maximum atomic E-state index is 5.21. The van der Waals surface area contributed by atoms with Gasteiger partial charge in [-0.15, -0.1) is 0 Å². The lowest BCUT2D eigenvalue weighted by Gasteiger charge is -2.37. The van der Waals surface area contributed by atoms with Crippen LogP contribution in [0.15, 0.2) is 54.6 Å². The number of hydrogen-bond acceptors (Lipinski definition) is 6. The molecule has 6 nitrogen and oxygen atoms in total. The van der Waals surface area contributed by atoms with Gasteiger partial charge >= 0.3 is 0 Å². The monoisotopic (exact) mass is 389 g/mol. The van der Waals surface area contributed by atoms with Crippen molar-refractivity contribution >= 4 is 23.1 Å². The zero-order valence-electron chi connectivity index (χ0n) is 17.2. The van der Waals surface area contributed by atoms with Crippen LogP contribution in [0.4, 0.5) is 23.1 Å². The summed E-state index contributed by atoms with van der Waals surface area (Å²) in [5.41, 5.74) is 4.48. The molecule has 3 aromatic rings. The van der Waals surface area contributed by atoms with Gasteiger partial charge in [-0.3, -0.25) is 0 Å². The van der Waals surface area contributed by atoms with Crippen LogP contribution in [0.5, 0.6) is 5.75 Å². The van der Waals surface area contributed by atoms with Gasteiger partial charge in [-0.25, -0.2) is 4.98 Å². The first-order valence-electron chi connectivity index (χ1n) is 9.94. The topological polar surface area (TPSA) is 53.5 Å². The van der Waals surface area contributed by atoms with E-state index in [1.165, 1.54) is 11.3 Å². The molecule has 1 N–H and O–H groups in total. The van der Waals surface area contributed by atoms with Crippen LogP contribution in [0, 0.1) is 13.8 Å². The third-order valence-electron chi connectivity index (χ3n) is 5.16. The second-order valence-corrected chi connectivity index (χ2v) is 7.36. The number of anilines is 4. The van der Waals surface area contributed by atoms with Crippen molar-refractivity contribution in [3.05, 3.63) is 65.9 Å². The Balaban J connectivity index is 1.45. The Morgan fingerprint density at radius 2 is 1.59 bits per heavy atom. The Bertz CT molecular complexity index is 965. The van der Waals surface area contributed by atoms with E-state index in [1.807, 2.05) is 31.2 Å². The highest BCUT2D eigenvalue weighted by Gasteiger charge is 2.19. The summed E-state index contributed by atoms with van der Waals surface area (Å²) in [6.45, 7) is 7.98. The molecule has 29 heavy (non-hydrogen) atoms. The van der Waals surface area contributed by atoms with Crippen molar-refractivity contribution in [2.75, 3.05) is 48.4 Å². The smallest absolute Gasteiger partial charge is 0.229 e. The highest BCUT2D eigenvalue weighted by molar-refractivity contribution is 5.57. The van der Waals surface area contributed by atoms with Gasteiger partial charge in [0.1, 0.15) is 11.6 Å². The summed E-state index contributed by atoms with van der Waals surface area (Å²) in [6, 6.07) is 18.5. The largest absolute Gasteiger partial charge is 0.497 e. The molecule has 1 aliphatic heterocycles. The lowest BCUT2D eigenvalue weighted by molar-refractivity contribution is 0.415. The molecule has 4 rings (SSSR count). The quantitative estimate of drug-likeness (QED) is 0.707. The molecule has 0 atom stereocenters. The van der Waals surface area contributed by atoms with E-state index >= 15 is 0 Å². The van der Waals surface area contributed by atoms with E-state index in [0.717, 1.165) is 49.1 Å². The van der Waals surface area contributed by atoms with Crippen LogP contribution in [-0.4, -0.2) is 43.3 Å². The molecule has 1 fully saturated rings. The van der Waals surface area contributed by atoms with Gasteiger partial charge in [-0.2, -0.15) is 4.98 Å². The van der Waals surface area contributed by atoms with Crippen molar-refractivity contribution in [1.29, 1.82) is 0 Å². The molecule has 1 aromatic heterocycles. The van der Waals surface area contributed by atoms with Crippen molar-refractivity contribution in [1.82, 2.24) is 9.97 Å². The van der Waals surface area contributed by atoms with Gasteiger partial charge in [0.2, 0.25) is 5.95 Å². The van der Waals surface area contributed by atoms with Crippen LogP contribution in [0.3, 0.4) is 0 Å². The number of piperazine rings is 1.